The average molecular weight is 209 g/mol. The van der Waals surface area contributed by atoms with Gasteiger partial charge in [-0.15, -0.1) is 0 Å². The van der Waals surface area contributed by atoms with Crippen LogP contribution in [-0.2, 0) is 11.2 Å². The second-order valence-corrected chi connectivity index (χ2v) is 4.48. The lowest BCUT2D eigenvalue weighted by Gasteiger charge is -2.17. The van der Waals surface area contributed by atoms with E-state index in [1.807, 2.05) is 32.3 Å². The van der Waals surface area contributed by atoms with Gasteiger partial charge < -0.3 is 16.0 Å². The van der Waals surface area contributed by atoms with Crippen molar-refractivity contribution in [3.05, 3.63) is 24.0 Å². The number of rotatable bonds is 5. The number of hydrogen-bond acceptors (Lipinski definition) is 2. The molecule has 0 aromatic carbocycles. The molecule has 0 bridgehead atoms. The quantitative estimate of drug-likeness (QED) is 0.671. The number of nitrogens with two attached hydrogens (primary N) is 1. The van der Waals surface area contributed by atoms with Crippen LogP contribution < -0.4 is 11.1 Å². The van der Waals surface area contributed by atoms with Gasteiger partial charge in [-0.3, -0.25) is 4.79 Å². The Morgan fingerprint density at radius 1 is 1.60 bits per heavy atom. The summed E-state index contributed by atoms with van der Waals surface area (Å²) in [5, 5.41) is 2.84. The zero-order valence-corrected chi connectivity index (χ0v) is 9.34. The minimum Gasteiger partial charge on any atom is -0.367 e. The van der Waals surface area contributed by atoms with Crippen LogP contribution >= 0.6 is 0 Å². The molecule has 0 unspecified atom stereocenters. The maximum absolute atomic E-state index is 11.4. The molecule has 0 saturated heterocycles. The summed E-state index contributed by atoms with van der Waals surface area (Å²) >= 11 is 0. The fourth-order valence-corrected chi connectivity index (χ4v) is 1.34. The Labute approximate surface area is 90.2 Å². The third-order valence-corrected chi connectivity index (χ3v) is 2.01. The Morgan fingerprint density at radius 2 is 2.33 bits per heavy atom. The molecule has 0 aliphatic rings. The summed E-state index contributed by atoms with van der Waals surface area (Å²) in [4.78, 5) is 14.4. The van der Waals surface area contributed by atoms with E-state index in [9.17, 15) is 4.79 Å². The second-order valence-electron chi connectivity index (χ2n) is 4.48. The molecule has 4 heteroatoms. The molecule has 0 saturated carbocycles. The first-order valence-electron chi connectivity index (χ1n) is 5.15. The molecular formula is C11H19N3O. The predicted octanol–water partition coefficient (Wildman–Crippen LogP) is 0.801. The van der Waals surface area contributed by atoms with E-state index in [0.717, 1.165) is 6.42 Å². The Kier molecular flexibility index (Phi) is 3.91. The van der Waals surface area contributed by atoms with Gasteiger partial charge in [0.1, 0.15) is 0 Å². The zero-order chi connectivity index (χ0) is 11.3. The van der Waals surface area contributed by atoms with Crippen LogP contribution in [0.3, 0.4) is 0 Å². The fraction of sp³-hybridized carbons (Fsp3) is 0.545. The lowest BCUT2D eigenvalue weighted by atomic mass is 10.0. The third kappa shape index (κ3) is 5.22. The van der Waals surface area contributed by atoms with Crippen LogP contribution in [0.15, 0.2) is 18.5 Å². The molecule has 15 heavy (non-hydrogen) atoms. The molecule has 0 radical (unpaired) electrons. The molecule has 1 rings (SSSR count). The van der Waals surface area contributed by atoms with Gasteiger partial charge in [-0.1, -0.05) is 0 Å². The van der Waals surface area contributed by atoms with Crippen molar-refractivity contribution in [2.45, 2.75) is 32.2 Å². The summed E-state index contributed by atoms with van der Waals surface area (Å²) in [7, 11) is 0. The van der Waals surface area contributed by atoms with E-state index in [1.54, 1.807) is 0 Å². The maximum atomic E-state index is 11.4. The number of nitrogens with one attached hydrogen (secondary N) is 2. The molecule has 84 valence electrons. The molecule has 4 nitrogen and oxygen atoms in total. The van der Waals surface area contributed by atoms with Gasteiger partial charge in [-0.25, -0.2) is 0 Å². The van der Waals surface area contributed by atoms with Crippen LogP contribution in [0, 0.1) is 0 Å². The molecule has 1 amide bonds. The van der Waals surface area contributed by atoms with Crippen LogP contribution in [0.25, 0.3) is 0 Å². The molecule has 0 atom stereocenters. The van der Waals surface area contributed by atoms with E-state index in [-0.39, 0.29) is 5.91 Å². The molecule has 0 fully saturated rings. The summed E-state index contributed by atoms with van der Waals surface area (Å²) in [6.45, 7) is 4.35. The second kappa shape index (κ2) is 4.98. The van der Waals surface area contributed by atoms with Gasteiger partial charge in [0.05, 0.1) is 0 Å². The SMILES string of the molecule is CC(C)(N)CC(=O)NCCc1cc[nH]c1. The summed E-state index contributed by atoms with van der Waals surface area (Å²) < 4.78 is 0. The first-order chi connectivity index (χ1) is 6.97. The monoisotopic (exact) mass is 209 g/mol. The molecule has 4 N–H and O–H groups in total. The molecule has 1 aromatic rings. The van der Waals surface area contributed by atoms with Crippen molar-refractivity contribution in [1.29, 1.82) is 0 Å². The van der Waals surface area contributed by atoms with Gasteiger partial charge in [0.2, 0.25) is 5.91 Å². The minimum atomic E-state index is -0.432. The minimum absolute atomic E-state index is 0.0121. The lowest BCUT2D eigenvalue weighted by molar-refractivity contribution is -0.121. The van der Waals surface area contributed by atoms with E-state index < -0.39 is 5.54 Å². The van der Waals surface area contributed by atoms with Gasteiger partial charge in [0.15, 0.2) is 0 Å². The number of aromatic amines is 1. The van der Waals surface area contributed by atoms with Gasteiger partial charge in [0, 0.05) is 30.9 Å². The van der Waals surface area contributed by atoms with E-state index in [4.69, 9.17) is 5.73 Å². The largest absolute Gasteiger partial charge is 0.367 e. The topological polar surface area (TPSA) is 70.9 Å². The zero-order valence-electron chi connectivity index (χ0n) is 9.34. The van der Waals surface area contributed by atoms with Crippen molar-refractivity contribution in [3.63, 3.8) is 0 Å². The molecular weight excluding hydrogens is 190 g/mol. The Balaban J connectivity index is 2.18. The van der Waals surface area contributed by atoms with Crippen molar-refractivity contribution < 1.29 is 4.79 Å². The molecule has 0 aliphatic heterocycles. The lowest BCUT2D eigenvalue weighted by Crippen LogP contribution is -2.39. The molecule has 1 heterocycles. The van der Waals surface area contributed by atoms with Crippen molar-refractivity contribution in [1.82, 2.24) is 10.3 Å². The van der Waals surface area contributed by atoms with E-state index in [1.165, 1.54) is 5.56 Å². The van der Waals surface area contributed by atoms with Crippen LogP contribution in [0.5, 0.6) is 0 Å². The predicted molar refractivity (Wildman–Crippen MR) is 60.4 cm³/mol. The number of aromatic nitrogens is 1. The van der Waals surface area contributed by atoms with Crippen LogP contribution in [0.4, 0.5) is 0 Å². The molecule has 0 aliphatic carbocycles. The Morgan fingerprint density at radius 3 is 2.87 bits per heavy atom. The first-order valence-corrected chi connectivity index (χ1v) is 5.15. The summed E-state index contributed by atoms with van der Waals surface area (Å²) in [6.07, 6.45) is 5.01. The third-order valence-electron chi connectivity index (χ3n) is 2.01. The maximum Gasteiger partial charge on any atom is 0.221 e. The highest BCUT2D eigenvalue weighted by Gasteiger charge is 2.15. The molecule has 0 spiro atoms. The standard InChI is InChI=1S/C11H19N3O/c1-11(2,12)7-10(15)14-6-4-9-3-5-13-8-9/h3,5,8,13H,4,6-7,12H2,1-2H3,(H,14,15). The Bertz CT molecular complexity index is 298. The normalized spacial score (nSPS) is 11.4. The van der Waals surface area contributed by atoms with Crippen LogP contribution in [-0.4, -0.2) is 23.0 Å². The van der Waals surface area contributed by atoms with E-state index >= 15 is 0 Å². The van der Waals surface area contributed by atoms with Gasteiger partial charge in [-0.2, -0.15) is 0 Å². The smallest absolute Gasteiger partial charge is 0.221 e. The number of hydrogen-bond donors (Lipinski definition) is 3. The van der Waals surface area contributed by atoms with Gasteiger partial charge in [0.25, 0.3) is 0 Å². The van der Waals surface area contributed by atoms with Crippen LogP contribution in [0.1, 0.15) is 25.8 Å². The highest BCUT2D eigenvalue weighted by Crippen LogP contribution is 2.02. The highest BCUT2D eigenvalue weighted by molar-refractivity contribution is 5.77. The van der Waals surface area contributed by atoms with Crippen molar-refractivity contribution in [2.75, 3.05) is 6.54 Å². The fourth-order valence-electron chi connectivity index (χ4n) is 1.34. The van der Waals surface area contributed by atoms with Crippen molar-refractivity contribution in [3.8, 4) is 0 Å². The summed E-state index contributed by atoms with van der Waals surface area (Å²) in [5.74, 6) is 0.0121. The van der Waals surface area contributed by atoms with E-state index in [0.29, 0.717) is 13.0 Å². The average Bonchev–Trinajstić information content (AvgIpc) is 2.53. The van der Waals surface area contributed by atoms with Crippen LogP contribution in [0.2, 0.25) is 0 Å². The first kappa shape index (κ1) is 11.8. The highest BCUT2D eigenvalue weighted by atomic mass is 16.1. The van der Waals surface area contributed by atoms with Crippen molar-refractivity contribution in [2.24, 2.45) is 5.73 Å². The van der Waals surface area contributed by atoms with E-state index in [2.05, 4.69) is 10.3 Å². The van der Waals surface area contributed by atoms with Crippen molar-refractivity contribution >= 4 is 5.91 Å². The Hall–Kier alpha value is -1.29. The number of carbonyl (C=O) groups excluding carboxylic acids is 1. The van der Waals surface area contributed by atoms with Gasteiger partial charge >= 0.3 is 0 Å². The van der Waals surface area contributed by atoms with Gasteiger partial charge in [-0.05, 0) is 31.9 Å². The number of carbonyl (C=O) groups is 1. The summed E-state index contributed by atoms with van der Waals surface area (Å²) in [6, 6.07) is 2.00. The summed E-state index contributed by atoms with van der Waals surface area (Å²) in [5.41, 5.74) is 6.50. The number of H-pyrrole nitrogens is 1. The molecule has 1 aromatic heterocycles. The number of amides is 1.